The van der Waals surface area contributed by atoms with Gasteiger partial charge in [-0.1, -0.05) is 237 Å². The second-order valence-corrected chi connectivity index (χ2v) is 21.6. The molecule has 0 bridgehead atoms. The lowest BCUT2D eigenvalue weighted by atomic mass is 9.98. The molecule has 85 heavy (non-hydrogen) atoms. The molecule has 0 aliphatic carbocycles. The van der Waals surface area contributed by atoms with E-state index in [0.717, 1.165) is 116 Å². The molecule has 0 aromatic heterocycles. The first-order chi connectivity index (χ1) is 41.6. The van der Waals surface area contributed by atoms with Gasteiger partial charge in [0.15, 0.2) is 24.6 Å². The zero-order chi connectivity index (χ0) is 61.7. The summed E-state index contributed by atoms with van der Waals surface area (Å²) < 4.78 is 28.4. The Morgan fingerprint density at radius 1 is 0.400 bits per heavy atom. The van der Waals surface area contributed by atoms with Gasteiger partial charge in [0.1, 0.15) is 18.8 Å². The number of aliphatic hydroxyl groups is 2. The average Bonchev–Trinajstić information content (AvgIpc) is 2.79. The van der Waals surface area contributed by atoms with Crippen LogP contribution in [-0.4, -0.2) is 89.2 Å². The Labute approximate surface area is 514 Å². The Morgan fingerprint density at radius 3 is 1.20 bits per heavy atom. The Hall–Kier alpha value is -5.40. The number of esters is 3. The van der Waals surface area contributed by atoms with Crippen LogP contribution in [0.5, 0.6) is 0 Å². The molecule has 6 unspecified atom stereocenters. The number of allylic oxidation sites excluding steroid dienone is 24. The summed E-state index contributed by atoms with van der Waals surface area (Å²) >= 11 is 0. The van der Waals surface area contributed by atoms with E-state index in [0.29, 0.717) is 25.7 Å². The highest BCUT2D eigenvalue weighted by molar-refractivity contribution is 5.74. The molecule has 0 spiro atoms. The summed E-state index contributed by atoms with van der Waals surface area (Å²) in [5.74, 6) is -3.29. The van der Waals surface area contributed by atoms with Gasteiger partial charge >= 0.3 is 23.9 Å². The number of hydrogen-bond donors (Lipinski definition) is 3. The zero-order valence-electron chi connectivity index (χ0n) is 52.8. The fraction of sp³-hybridized carbons (Fsp3) is 0.616. The molecule has 1 rings (SSSR count). The second-order valence-electron chi connectivity index (χ2n) is 21.6. The van der Waals surface area contributed by atoms with Crippen molar-refractivity contribution >= 4 is 23.9 Å². The topological polar surface area (TPSA) is 175 Å². The third kappa shape index (κ3) is 48.4. The molecule has 1 aliphatic heterocycles. The predicted octanol–water partition coefficient (Wildman–Crippen LogP) is 17.9. The molecule has 3 N–H and O–H groups in total. The number of aliphatic hydroxyl groups excluding tert-OH is 2. The number of rotatable bonds is 54. The minimum absolute atomic E-state index is 0.0763. The first-order valence-corrected chi connectivity index (χ1v) is 32.8. The maximum atomic E-state index is 13.2. The van der Waals surface area contributed by atoms with Gasteiger partial charge in [0.25, 0.3) is 0 Å². The summed E-state index contributed by atoms with van der Waals surface area (Å²) in [6.07, 6.45) is 72.4. The van der Waals surface area contributed by atoms with Gasteiger partial charge in [0.2, 0.25) is 0 Å². The van der Waals surface area contributed by atoms with Crippen molar-refractivity contribution in [3.63, 3.8) is 0 Å². The van der Waals surface area contributed by atoms with Crippen LogP contribution in [0.4, 0.5) is 0 Å². The monoisotopic (exact) mass is 1180 g/mol. The van der Waals surface area contributed by atoms with Crippen molar-refractivity contribution in [2.75, 3.05) is 13.2 Å². The largest absolute Gasteiger partial charge is 0.479 e. The highest BCUT2D eigenvalue weighted by atomic mass is 16.7. The van der Waals surface area contributed by atoms with Crippen LogP contribution in [0.25, 0.3) is 0 Å². The van der Waals surface area contributed by atoms with Crippen LogP contribution in [0, 0.1) is 0 Å². The minimum Gasteiger partial charge on any atom is -0.479 e. The third-order valence-corrected chi connectivity index (χ3v) is 13.9. The van der Waals surface area contributed by atoms with E-state index in [1.165, 1.54) is 57.8 Å². The van der Waals surface area contributed by atoms with Crippen LogP contribution in [0.3, 0.4) is 0 Å². The minimum atomic E-state index is -1.94. The van der Waals surface area contributed by atoms with E-state index in [1.807, 2.05) is 18.2 Å². The summed E-state index contributed by atoms with van der Waals surface area (Å²) in [6.45, 7) is 5.71. The van der Waals surface area contributed by atoms with E-state index in [9.17, 15) is 34.5 Å². The van der Waals surface area contributed by atoms with Gasteiger partial charge in [0.05, 0.1) is 6.61 Å². The number of carbonyl (C=O) groups is 4. The number of carboxylic acids is 1. The average molecular weight is 1180 g/mol. The van der Waals surface area contributed by atoms with E-state index in [-0.39, 0.29) is 25.9 Å². The first kappa shape index (κ1) is 77.6. The van der Waals surface area contributed by atoms with E-state index in [2.05, 4.69) is 148 Å². The molecule has 1 fully saturated rings. The predicted molar refractivity (Wildman–Crippen MR) is 349 cm³/mol. The summed E-state index contributed by atoms with van der Waals surface area (Å²) in [5, 5.41) is 31.6. The molecule has 0 amide bonds. The molecular weight excluding hydrogens is 1070 g/mol. The Kier molecular flexibility index (Phi) is 53.8. The number of ether oxygens (including phenoxy) is 5. The summed E-state index contributed by atoms with van der Waals surface area (Å²) in [6, 6.07) is 0. The van der Waals surface area contributed by atoms with Crippen molar-refractivity contribution in [3.05, 3.63) is 146 Å². The molecule has 0 saturated carbocycles. The van der Waals surface area contributed by atoms with Crippen LogP contribution >= 0.6 is 0 Å². The molecule has 12 nitrogen and oxygen atoms in total. The van der Waals surface area contributed by atoms with E-state index in [1.54, 1.807) is 0 Å². The smallest absolute Gasteiger partial charge is 0.335 e. The first-order valence-electron chi connectivity index (χ1n) is 32.8. The lowest BCUT2D eigenvalue weighted by molar-refractivity contribution is -0.301. The van der Waals surface area contributed by atoms with Crippen molar-refractivity contribution in [2.24, 2.45) is 0 Å². The molecule has 1 aliphatic rings. The molecule has 478 valence electrons. The fourth-order valence-corrected chi connectivity index (χ4v) is 8.94. The van der Waals surface area contributed by atoms with Crippen molar-refractivity contribution in [3.8, 4) is 0 Å². The molecule has 6 atom stereocenters. The van der Waals surface area contributed by atoms with Gasteiger partial charge in [0, 0.05) is 19.3 Å². The summed E-state index contributed by atoms with van der Waals surface area (Å²) in [4.78, 5) is 51.3. The van der Waals surface area contributed by atoms with Gasteiger partial charge in [-0.05, 0) is 128 Å². The molecule has 0 aromatic carbocycles. The third-order valence-electron chi connectivity index (χ3n) is 13.9. The van der Waals surface area contributed by atoms with Crippen molar-refractivity contribution in [1.29, 1.82) is 0 Å². The number of carboxylic acid groups (broad SMARTS) is 1. The summed E-state index contributed by atoms with van der Waals surface area (Å²) in [5.41, 5.74) is 0. The van der Waals surface area contributed by atoms with Gasteiger partial charge in [-0.25, -0.2) is 4.79 Å². The van der Waals surface area contributed by atoms with Crippen LogP contribution in [0.15, 0.2) is 146 Å². The van der Waals surface area contributed by atoms with Crippen LogP contribution in [0.2, 0.25) is 0 Å². The van der Waals surface area contributed by atoms with Gasteiger partial charge in [-0.15, -0.1) is 0 Å². The van der Waals surface area contributed by atoms with Crippen molar-refractivity contribution < 1.29 is 58.2 Å². The maximum absolute atomic E-state index is 13.2. The summed E-state index contributed by atoms with van der Waals surface area (Å²) in [7, 11) is 0. The number of unbranched alkanes of at least 4 members (excludes halogenated alkanes) is 16. The zero-order valence-corrected chi connectivity index (χ0v) is 52.8. The lowest BCUT2D eigenvalue weighted by Gasteiger charge is -2.40. The Balaban J connectivity index is 2.74. The van der Waals surface area contributed by atoms with Crippen molar-refractivity contribution in [1.82, 2.24) is 0 Å². The van der Waals surface area contributed by atoms with E-state index < -0.39 is 67.3 Å². The second kappa shape index (κ2) is 59.0. The van der Waals surface area contributed by atoms with Crippen LogP contribution in [0.1, 0.15) is 239 Å². The van der Waals surface area contributed by atoms with Crippen molar-refractivity contribution in [2.45, 2.75) is 276 Å². The number of carbonyl (C=O) groups excluding carboxylic acids is 3. The quantitative estimate of drug-likeness (QED) is 0.0228. The highest BCUT2D eigenvalue weighted by Gasteiger charge is 2.50. The standard InChI is InChI=1S/C73H114O12/c1-4-7-10-13-16-19-22-25-28-31-33-36-38-41-44-47-50-53-56-59-65(74)81-62-64(83-66(75)60-57-54-51-48-45-42-39-35-30-27-24-21-18-15-12-9-6-3)63-82-73-71(69(78)68(77)70(85-73)72(79)80)84-67(76)61-58-55-52-49-46-43-40-37-34-32-29-26-23-20-17-14-11-8-5-2/h7-8,10-11,16-17,19-20,25-30,33-34,36-37,41,43-44,46,52,55,64,68-71,73,77-78H,4-6,9,12-15,18,21-24,31-32,35,38-40,42,45,47-51,53-54,56-63H2,1-3H3,(H,79,80)/b10-7-,11-8-,19-16-,20-17-,28-25-,29-26-,30-27-,36-33-,37-34-,44-41-,46-43-,55-52-. The van der Waals surface area contributed by atoms with Crippen LogP contribution < -0.4 is 0 Å². The molecule has 0 radical (unpaired) electrons. The van der Waals surface area contributed by atoms with Gasteiger partial charge in [-0.2, -0.15) is 0 Å². The number of aliphatic carboxylic acids is 1. The van der Waals surface area contributed by atoms with E-state index in [4.69, 9.17) is 23.7 Å². The van der Waals surface area contributed by atoms with Gasteiger partial charge < -0.3 is 39.0 Å². The molecule has 1 heterocycles. The highest BCUT2D eigenvalue weighted by Crippen LogP contribution is 2.26. The number of hydrogen-bond acceptors (Lipinski definition) is 11. The Bertz CT molecular complexity index is 2030. The maximum Gasteiger partial charge on any atom is 0.335 e. The lowest BCUT2D eigenvalue weighted by Crippen LogP contribution is -2.61. The molecule has 1 saturated heterocycles. The van der Waals surface area contributed by atoms with Crippen LogP contribution in [-0.2, 0) is 42.9 Å². The van der Waals surface area contributed by atoms with E-state index >= 15 is 0 Å². The molecule has 12 heteroatoms. The normalized spacial score (nSPS) is 18.4. The molecular formula is C73H114O12. The Morgan fingerprint density at radius 2 is 0.765 bits per heavy atom. The fourth-order valence-electron chi connectivity index (χ4n) is 8.94. The SMILES string of the molecule is CC/C=C\C/C=C\C/C=C\C/C=C\C/C=C\C/C=C\CCC(=O)OC1C(OCC(COC(=O)CCCCC/C=C\C/C=C\C/C=C\C/C=C\C/C=C\CC)OC(=O)CCCCCCCCC/C=C\CCCCCCCC)OC(C(=O)O)C(O)C1O. The van der Waals surface area contributed by atoms with Gasteiger partial charge in [-0.3, -0.25) is 14.4 Å². The molecule has 0 aromatic rings.